The molecule has 20 heavy (non-hydrogen) atoms. The van der Waals surface area contributed by atoms with Gasteiger partial charge in [-0.1, -0.05) is 31.2 Å². The second kappa shape index (κ2) is 7.15. The van der Waals surface area contributed by atoms with Gasteiger partial charge in [0.2, 0.25) is 0 Å². The number of hydrogen-bond acceptors (Lipinski definition) is 3. The molecule has 0 aliphatic heterocycles. The Balaban J connectivity index is 2.21. The highest BCUT2D eigenvalue weighted by atomic mass is 15.0. The third kappa shape index (κ3) is 3.87. The summed E-state index contributed by atoms with van der Waals surface area (Å²) in [5.41, 5.74) is 3.79. The molecule has 2 aromatic rings. The summed E-state index contributed by atoms with van der Waals surface area (Å²) in [5.74, 6) is 0.829. The Bertz CT molecular complexity index is 551. The maximum absolute atomic E-state index is 4.58. The molecule has 1 aromatic carbocycles. The van der Waals surface area contributed by atoms with Crippen LogP contribution >= 0.6 is 0 Å². The van der Waals surface area contributed by atoms with E-state index in [1.807, 2.05) is 19.2 Å². The molecule has 0 aliphatic carbocycles. The van der Waals surface area contributed by atoms with Crippen molar-refractivity contribution in [3.63, 3.8) is 0 Å². The van der Waals surface area contributed by atoms with Gasteiger partial charge in [0.05, 0.1) is 11.7 Å². The van der Waals surface area contributed by atoms with Crippen LogP contribution in [0.1, 0.15) is 42.0 Å². The first-order valence-corrected chi connectivity index (χ1v) is 7.28. The van der Waals surface area contributed by atoms with Crippen molar-refractivity contribution in [2.24, 2.45) is 0 Å². The van der Waals surface area contributed by atoms with E-state index >= 15 is 0 Å². The third-order valence-electron chi connectivity index (χ3n) is 3.48. The molecule has 3 nitrogen and oxygen atoms in total. The summed E-state index contributed by atoms with van der Waals surface area (Å²) in [6.07, 6.45) is 3.92. The van der Waals surface area contributed by atoms with Crippen LogP contribution in [0.2, 0.25) is 0 Å². The molecule has 2 rings (SSSR count). The molecule has 0 fully saturated rings. The Kier molecular flexibility index (Phi) is 5.24. The third-order valence-corrected chi connectivity index (χ3v) is 3.48. The largest absolute Gasteiger partial charge is 0.308 e. The van der Waals surface area contributed by atoms with Gasteiger partial charge in [0.1, 0.15) is 5.82 Å². The van der Waals surface area contributed by atoms with Crippen LogP contribution in [0.4, 0.5) is 0 Å². The van der Waals surface area contributed by atoms with Crippen LogP contribution in [0.3, 0.4) is 0 Å². The van der Waals surface area contributed by atoms with Crippen molar-refractivity contribution in [3.8, 4) is 0 Å². The summed E-state index contributed by atoms with van der Waals surface area (Å²) in [4.78, 5) is 8.77. The molecule has 0 saturated carbocycles. The number of aryl methyl sites for hydroxylation is 2. The van der Waals surface area contributed by atoms with Crippen LogP contribution in [0.25, 0.3) is 0 Å². The van der Waals surface area contributed by atoms with Crippen LogP contribution in [-0.4, -0.2) is 16.5 Å². The quantitative estimate of drug-likeness (QED) is 0.873. The molecule has 0 bridgehead atoms. The first kappa shape index (κ1) is 14.7. The monoisotopic (exact) mass is 269 g/mol. The van der Waals surface area contributed by atoms with E-state index in [-0.39, 0.29) is 6.04 Å². The molecule has 0 amide bonds. The summed E-state index contributed by atoms with van der Waals surface area (Å²) in [6, 6.07) is 10.8. The van der Waals surface area contributed by atoms with Crippen LogP contribution < -0.4 is 5.32 Å². The van der Waals surface area contributed by atoms with Crippen molar-refractivity contribution in [3.05, 3.63) is 59.2 Å². The predicted octanol–water partition coefficient (Wildman–Crippen LogP) is 3.38. The number of aromatic nitrogens is 2. The van der Waals surface area contributed by atoms with Crippen molar-refractivity contribution >= 4 is 0 Å². The highest BCUT2D eigenvalue weighted by molar-refractivity contribution is 5.27. The summed E-state index contributed by atoms with van der Waals surface area (Å²) >= 11 is 0. The molecular weight excluding hydrogens is 246 g/mol. The summed E-state index contributed by atoms with van der Waals surface area (Å²) < 4.78 is 0. The van der Waals surface area contributed by atoms with Crippen molar-refractivity contribution in [1.29, 1.82) is 0 Å². The Labute approximate surface area is 121 Å². The van der Waals surface area contributed by atoms with E-state index in [0.717, 1.165) is 30.9 Å². The Morgan fingerprint density at radius 3 is 2.65 bits per heavy atom. The second-order valence-corrected chi connectivity index (χ2v) is 5.17. The smallest absolute Gasteiger partial charge is 0.125 e. The van der Waals surface area contributed by atoms with Gasteiger partial charge in [0.25, 0.3) is 0 Å². The van der Waals surface area contributed by atoms with Gasteiger partial charge in [-0.3, -0.25) is 0 Å². The minimum Gasteiger partial charge on any atom is -0.308 e. The fraction of sp³-hybridized carbons (Fsp3) is 0.412. The van der Waals surface area contributed by atoms with E-state index in [4.69, 9.17) is 0 Å². The average Bonchev–Trinajstić information content (AvgIpc) is 2.45. The topological polar surface area (TPSA) is 37.8 Å². The normalized spacial score (nSPS) is 12.3. The zero-order valence-corrected chi connectivity index (χ0v) is 12.6. The molecule has 3 heteroatoms. The molecule has 0 saturated heterocycles. The van der Waals surface area contributed by atoms with Gasteiger partial charge in [-0.15, -0.1) is 0 Å². The molecule has 1 atom stereocenters. The standard InChI is InChI=1S/C17H23N3/c1-4-10-19-17(16-9-11-18-14(3)20-16)12-15-8-6-5-7-13(15)2/h5-9,11,17,19H,4,10,12H2,1-3H3. The van der Waals surface area contributed by atoms with E-state index in [2.05, 4.69) is 53.4 Å². The maximum atomic E-state index is 4.58. The SMILES string of the molecule is CCCNC(Cc1ccccc1C)c1ccnc(C)n1. The van der Waals surface area contributed by atoms with Crippen molar-refractivity contribution in [1.82, 2.24) is 15.3 Å². The minimum absolute atomic E-state index is 0.248. The summed E-state index contributed by atoms with van der Waals surface area (Å²) in [7, 11) is 0. The molecule has 1 N–H and O–H groups in total. The van der Waals surface area contributed by atoms with Crippen LogP contribution in [0, 0.1) is 13.8 Å². The zero-order chi connectivity index (χ0) is 14.4. The maximum Gasteiger partial charge on any atom is 0.125 e. The number of hydrogen-bond donors (Lipinski definition) is 1. The predicted molar refractivity (Wildman–Crippen MR) is 82.7 cm³/mol. The lowest BCUT2D eigenvalue weighted by Crippen LogP contribution is -2.25. The minimum atomic E-state index is 0.248. The lowest BCUT2D eigenvalue weighted by molar-refractivity contribution is 0.515. The lowest BCUT2D eigenvalue weighted by atomic mass is 9.99. The molecule has 1 aromatic heterocycles. The van der Waals surface area contributed by atoms with E-state index in [0.29, 0.717) is 0 Å². The van der Waals surface area contributed by atoms with Crippen molar-refractivity contribution in [2.45, 2.75) is 39.7 Å². The highest BCUT2D eigenvalue weighted by Gasteiger charge is 2.14. The first-order valence-electron chi connectivity index (χ1n) is 7.28. The van der Waals surface area contributed by atoms with Gasteiger partial charge >= 0.3 is 0 Å². The summed E-state index contributed by atoms with van der Waals surface area (Å²) in [6.45, 7) is 7.29. The van der Waals surface area contributed by atoms with Crippen molar-refractivity contribution < 1.29 is 0 Å². The zero-order valence-electron chi connectivity index (χ0n) is 12.6. The lowest BCUT2D eigenvalue weighted by Gasteiger charge is -2.19. The number of nitrogens with zero attached hydrogens (tertiary/aromatic N) is 2. The first-order chi connectivity index (χ1) is 9.70. The molecule has 0 radical (unpaired) electrons. The van der Waals surface area contributed by atoms with Crippen LogP contribution in [0.5, 0.6) is 0 Å². The Hall–Kier alpha value is -1.74. The molecule has 0 aliphatic rings. The van der Waals surface area contributed by atoms with Gasteiger partial charge in [-0.2, -0.15) is 0 Å². The second-order valence-electron chi connectivity index (χ2n) is 5.17. The van der Waals surface area contributed by atoms with Gasteiger partial charge in [-0.25, -0.2) is 9.97 Å². The fourth-order valence-electron chi connectivity index (χ4n) is 2.33. The molecule has 106 valence electrons. The Morgan fingerprint density at radius 2 is 1.95 bits per heavy atom. The number of benzene rings is 1. The van der Waals surface area contributed by atoms with Crippen molar-refractivity contribution in [2.75, 3.05) is 6.54 Å². The number of rotatable bonds is 6. The van der Waals surface area contributed by atoms with E-state index < -0.39 is 0 Å². The molecule has 1 unspecified atom stereocenters. The van der Waals surface area contributed by atoms with E-state index in [1.165, 1.54) is 11.1 Å². The molecular formula is C17H23N3. The van der Waals surface area contributed by atoms with Crippen LogP contribution in [0.15, 0.2) is 36.5 Å². The molecule has 0 spiro atoms. The average molecular weight is 269 g/mol. The fourth-order valence-corrected chi connectivity index (χ4v) is 2.33. The van der Waals surface area contributed by atoms with E-state index in [9.17, 15) is 0 Å². The van der Waals surface area contributed by atoms with Gasteiger partial charge in [-0.05, 0) is 50.4 Å². The van der Waals surface area contributed by atoms with E-state index in [1.54, 1.807) is 0 Å². The molecule has 1 heterocycles. The Morgan fingerprint density at radius 1 is 1.15 bits per heavy atom. The number of nitrogens with one attached hydrogen (secondary N) is 1. The van der Waals surface area contributed by atoms with Crippen LogP contribution in [-0.2, 0) is 6.42 Å². The summed E-state index contributed by atoms with van der Waals surface area (Å²) in [5, 5.41) is 3.60. The van der Waals surface area contributed by atoms with Gasteiger partial charge in [0, 0.05) is 6.20 Å². The van der Waals surface area contributed by atoms with Gasteiger partial charge in [0.15, 0.2) is 0 Å². The van der Waals surface area contributed by atoms with Gasteiger partial charge < -0.3 is 5.32 Å². The highest BCUT2D eigenvalue weighted by Crippen LogP contribution is 2.19.